The van der Waals surface area contributed by atoms with E-state index in [1.807, 2.05) is 5.48 Å². The van der Waals surface area contributed by atoms with E-state index in [9.17, 15) is 23.5 Å². The van der Waals surface area contributed by atoms with Gasteiger partial charge >= 0.3 is 11.1 Å². The highest BCUT2D eigenvalue weighted by molar-refractivity contribution is 7.92. The predicted octanol–water partition coefficient (Wildman–Crippen LogP) is 0.292. The van der Waals surface area contributed by atoms with Crippen molar-refractivity contribution in [3.8, 4) is 0 Å². The molecule has 0 saturated heterocycles. The number of benzene rings is 1. The normalized spacial score (nSPS) is 12.4. The van der Waals surface area contributed by atoms with Gasteiger partial charge in [-0.15, -0.1) is 0 Å². The number of unbranched alkanes of at least 4 members (excludes halogenated alkanes) is 3. The van der Waals surface area contributed by atoms with Crippen LogP contribution in [0.25, 0.3) is 11.0 Å². The molecule has 0 bridgehead atoms. The third-order valence-electron chi connectivity index (χ3n) is 3.97. The van der Waals surface area contributed by atoms with Crippen LogP contribution in [0.4, 0.5) is 0 Å². The van der Waals surface area contributed by atoms with Crippen molar-refractivity contribution in [1.29, 1.82) is 0 Å². The maximum Gasteiger partial charge on any atom is 0.378 e. The number of fused-ring (bicyclic) bond motifs is 1. The summed E-state index contributed by atoms with van der Waals surface area (Å²) in [5.41, 5.74) is 2.49. The standard InChI is InChI=1S/C15H21N3O6S.H3NO/c19-14(20)13(9-3-1-2-6-10-16-21)25(23,24)15-17-11-7-4-5-8-12(11)18(15)22;1-2/h4-5,7-8,13,16-17,21H,1-3,6,9-10H2,(H,19,20);2H,1H2. The van der Waals surface area contributed by atoms with Crippen LogP contribution in [0.15, 0.2) is 29.4 Å². The molecule has 1 unspecified atom stereocenters. The highest BCUT2D eigenvalue weighted by Crippen LogP contribution is 2.20. The number of carbonyl (C=O) groups is 1. The molecule has 1 heterocycles. The molecule has 2 rings (SSSR count). The quantitative estimate of drug-likeness (QED) is 0.140. The summed E-state index contributed by atoms with van der Waals surface area (Å²) in [5, 5.41) is 34.2. The number of rotatable bonds is 10. The Kier molecular flexibility index (Phi) is 9.11. The molecule has 0 aliphatic rings. The van der Waals surface area contributed by atoms with Crippen molar-refractivity contribution in [3.05, 3.63) is 29.5 Å². The number of carboxylic acid groups (broad SMARTS) is 1. The van der Waals surface area contributed by atoms with Crippen LogP contribution in [0, 0.1) is 5.21 Å². The second-order valence-corrected chi connectivity index (χ2v) is 7.77. The Labute approximate surface area is 155 Å². The number of sulfone groups is 1. The molecule has 7 N–H and O–H groups in total. The lowest BCUT2D eigenvalue weighted by molar-refractivity contribution is -0.620. The van der Waals surface area contributed by atoms with Crippen molar-refractivity contribution in [2.75, 3.05) is 6.54 Å². The Balaban J connectivity index is 0.00000176. The van der Waals surface area contributed by atoms with Crippen molar-refractivity contribution in [3.63, 3.8) is 0 Å². The Morgan fingerprint density at radius 3 is 2.44 bits per heavy atom. The number of hydrogen-bond acceptors (Lipinski definition) is 8. The van der Waals surface area contributed by atoms with Gasteiger partial charge in [-0.05, 0) is 25.0 Å². The van der Waals surface area contributed by atoms with E-state index in [1.165, 1.54) is 6.07 Å². The molecule has 0 radical (unpaired) electrons. The van der Waals surface area contributed by atoms with Gasteiger partial charge in [0.2, 0.25) is 0 Å². The second kappa shape index (κ2) is 10.8. The van der Waals surface area contributed by atoms with Crippen LogP contribution in [0.1, 0.15) is 32.1 Å². The average Bonchev–Trinajstić information content (AvgIpc) is 3.00. The maximum absolute atomic E-state index is 12.7. The number of hydrogen-bond donors (Lipinski definition) is 6. The van der Waals surface area contributed by atoms with E-state index in [2.05, 4.69) is 10.9 Å². The van der Waals surface area contributed by atoms with Crippen LogP contribution in [0.2, 0.25) is 0 Å². The van der Waals surface area contributed by atoms with Crippen molar-refractivity contribution in [1.82, 2.24) is 10.5 Å². The summed E-state index contributed by atoms with van der Waals surface area (Å²) in [7, 11) is -4.35. The van der Waals surface area contributed by atoms with Gasteiger partial charge in [-0.3, -0.25) is 4.79 Å². The van der Waals surface area contributed by atoms with E-state index in [0.29, 0.717) is 31.3 Å². The largest absolute Gasteiger partial charge is 0.710 e. The van der Waals surface area contributed by atoms with E-state index >= 15 is 0 Å². The lowest BCUT2D eigenvalue weighted by Crippen LogP contribution is -2.39. The predicted molar refractivity (Wildman–Crippen MR) is 94.7 cm³/mol. The number of nitrogens with two attached hydrogens (primary N) is 1. The number of hydroxylamine groups is 1. The van der Waals surface area contributed by atoms with E-state index in [-0.39, 0.29) is 16.7 Å². The summed E-state index contributed by atoms with van der Waals surface area (Å²) in [6.45, 7) is 0.423. The Bertz CT molecular complexity index is 838. The van der Waals surface area contributed by atoms with Crippen molar-refractivity contribution >= 4 is 26.8 Å². The molecule has 27 heavy (non-hydrogen) atoms. The Morgan fingerprint density at radius 1 is 1.22 bits per heavy atom. The summed E-state index contributed by atoms with van der Waals surface area (Å²) in [4.78, 5) is 14.0. The van der Waals surface area contributed by atoms with E-state index in [1.54, 1.807) is 18.2 Å². The van der Waals surface area contributed by atoms with Crippen LogP contribution in [-0.2, 0) is 14.6 Å². The first-order valence-corrected chi connectivity index (χ1v) is 9.74. The molecule has 11 nitrogen and oxygen atoms in total. The number of nitrogens with zero attached hydrogens (tertiary/aromatic N) is 1. The molecule has 12 heteroatoms. The minimum atomic E-state index is -4.35. The number of aromatic amines is 1. The molecule has 1 aromatic carbocycles. The van der Waals surface area contributed by atoms with E-state index < -0.39 is 26.2 Å². The van der Waals surface area contributed by atoms with Crippen molar-refractivity contribution in [2.24, 2.45) is 5.90 Å². The molecular formula is C15H24N4O7S. The highest BCUT2D eigenvalue weighted by atomic mass is 32.2. The third kappa shape index (κ3) is 5.61. The number of para-hydroxylation sites is 2. The van der Waals surface area contributed by atoms with Gasteiger partial charge in [0.25, 0.3) is 9.84 Å². The topological polar surface area (TPSA) is 193 Å². The average molecular weight is 404 g/mol. The fraction of sp³-hybridized carbons (Fsp3) is 0.467. The van der Waals surface area contributed by atoms with Gasteiger partial charge < -0.3 is 20.7 Å². The third-order valence-corrected chi connectivity index (χ3v) is 5.97. The minimum Gasteiger partial charge on any atom is -0.710 e. The van der Waals surface area contributed by atoms with Crippen LogP contribution in [-0.4, -0.2) is 46.7 Å². The number of imidazole rings is 1. The fourth-order valence-electron chi connectivity index (χ4n) is 2.65. The molecule has 2 aromatic rings. The van der Waals surface area contributed by atoms with Crippen molar-refractivity contribution < 1.29 is 33.5 Å². The second-order valence-electron chi connectivity index (χ2n) is 5.72. The number of carboxylic acids is 1. The van der Waals surface area contributed by atoms with Crippen molar-refractivity contribution in [2.45, 2.75) is 42.5 Å². The summed E-state index contributed by atoms with van der Waals surface area (Å²) >= 11 is 0. The molecule has 0 saturated carbocycles. The summed E-state index contributed by atoms with van der Waals surface area (Å²) < 4.78 is 25.5. The van der Waals surface area contributed by atoms with Gasteiger partial charge in [0.05, 0.1) is 0 Å². The zero-order valence-electron chi connectivity index (χ0n) is 14.5. The maximum atomic E-state index is 12.7. The van der Waals surface area contributed by atoms with Crippen LogP contribution >= 0.6 is 0 Å². The van der Waals surface area contributed by atoms with Gasteiger partial charge in [0.15, 0.2) is 16.3 Å². The first-order valence-electron chi connectivity index (χ1n) is 8.19. The van der Waals surface area contributed by atoms with E-state index in [4.69, 9.17) is 10.4 Å². The molecule has 1 atom stereocenters. The van der Waals surface area contributed by atoms with Gasteiger partial charge in [-0.25, -0.2) is 29.5 Å². The van der Waals surface area contributed by atoms with Crippen LogP contribution in [0.3, 0.4) is 0 Å². The Hall–Kier alpha value is -2.25. The number of aliphatic carboxylic acids is 1. The van der Waals surface area contributed by atoms with Crippen LogP contribution < -0.4 is 16.1 Å². The van der Waals surface area contributed by atoms with Crippen LogP contribution in [0.5, 0.6) is 0 Å². The monoisotopic (exact) mass is 404 g/mol. The summed E-state index contributed by atoms with van der Waals surface area (Å²) in [6, 6.07) is 6.25. The molecule has 0 aliphatic heterocycles. The molecule has 0 spiro atoms. The minimum absolute atomic E-state index is 0.0837. The van der Waals surface area contributed by atoms with E-state index in [0.717, 1.165) is 6.42 Å². The van der Waals surface area contributed by atoms with Gasteiger partial charge in [-0.2, -0.15) is 0 Å². The molecule has 152 valence electrons. The first-order chi connectivity index (χ1) is 12.9. The smallest absolute Gasteiger partial charge is 0.378 e. The highest BCUT2D eigenvalue weighted by Gasteiger charge is 2.40. The lowest BCUT2D eigenvalue weighted by atomic mass is 10.1. The van der Waals surface area contributed by atoms with Gasteiger partial charge in [0, 0.05) is 6.54 Å². The molecule has 0 aliphatic carbocycles. The summed E-state index contributed by atoms with van der Waals surface area (Å²) in [5.74, 6) is 2.02. The number of nitrogens with one attached hydrogen (secondary N) is 2. The number of aromatic nitrogens is 2. The van der Waals surface area contributed by atoms with Gasteiger partial charge in [-0.1, -0.05) is 31.4 Å². The first kappa shape index (κ1) is 22.8. The Morgan fingerprint density at radius 2 is 1.85 bits per heavy atom. The molecule has 0 amide bonds. The summed E-state index contributed by atoms with van der Waals surface area (Å²) in [6.07, 6.45) is 2.36. The number of H-pyrrole nitrogens is 1. The SMILES string of the molecule is NO.O=C(O)C(CCCCCCNO)S(=O)(=O)c1[nH]c2ccccc2[n+]1[O-]. The zero-order valence-corrected chi connectivity index (χ0v) is 15.4. The molecule has 0 fully saturated rings. The molecular weight excluding hydrogens is 380 g/mol. The zero-order chi connectivity index (χ0) is 20.4. The fourth-order valence-corrected chi connectivity index (χ4v) is 4.25. The molecule has 1 aromatic heterocycles. The lowest BCUT2D eigenvalue weighted by Gasteiger charge is -2.12. The van der Waals surface area contributed by atoms with Gasteiger partial charge in [0.1, 0.15) is 0 Å².